The van der Waals surface area contributed by atoms with Crippen molar-refractivity contribution in [2.24, 2.45) is 22.4 Å². The summed E-state index contributed by atoms with van der Waals surface area (Å²) in [5.74, 6) is -0.188. The van der Waals surface area contributed by atoms with Crippen molar-refractivity contribution in [2.75, 3.05) is 19.8 Å². The second kappa shape index (κ2) is 7.98. The van der Waals surface area contributed by atoms with Crippen molar-refractivity contribution in [1.29, 1.82) is 0 Å². The van der Waals surface area contributed by atoms with E-state index in [4.69, 9.17) is 11.5 Å². The summed E-state index contributed by atoms with van der Waals surface area (Å²) in [6, 6.07) is 8.49. The molecule has 0 spiro atoms. The zero-order valence-corrected chi connectivity index (χ0v) is 13.2. The van der Waals surface area contributed by atoms with Crippen LogP contribution in [0.2, 0.25) is 0 Å². The maximum absolute atomic E-state index is 12.8. The highest BCUT2D eigenvalue weighted by atomic mass is 19.1. The number of nitrogens with two attached hydrogens (primary N) is 2. The fourth-order valence-corrected chi connectivity index (χ4v) is 1.95. The lowest BCUT2D eigenvalue weighted by molar-refractivity contribution is 0.353. The highest BCUT2D eigenvalue weighted by Gasteiger charge is 2.13. The third kappa shape index (κ3) is 6.58. The minimum atomic E-state index is -0.438. The van der Waals surface area contributed by atoms with E-state index in [2.05, 4.69) is 55.3 Å². The van der Waals surface area contributed by atoms with Gasteiger partial charge in [0.2, 0.25) is 0 Å². The van der Waals surface area contributed by atoms with Crippen LogP contribution < -0.4 is 16.8 Å². The van der Waals surface area contributed by atoms with E-state index in [-0.39, 0.29) is 17.3 Å². The summed E-state index contributed by atoms with van der Waals surface area (Å²) in [6.45, 7) is 7.71. The van der Waals surface area contributed by atoms with Crippen molar-refractivity contribution in [1.82, 2.24) is 5.32 Å². The molecule has 1 atom stereocenters. The molecular formula is C16H27FN4. The van der Waals surface area contributed by atoms with Gasteiger partial charge >= 0.3 is 0 Å². The lowest BCUT2D eigenvalue weighted by atomic mass is 9.87. The van der Waals surface area contributed by atoms with Gasteiger partial charge in [-0.1, -0.05) is 45.0 Å². The number of nitrogens with zero attached hydrogens (tertiary/aromatic N) is 1. The average Bonchev–Trinajstić information content (AvgIpc) is 2.42. The number of hydrogen-bond acceptors (Lipinski definition) is 2. The third-order valence-electron chi connectivity index (χ3n) is 3.33. The number of aliphatic imine (C=N–C) groups is 1. The number of guanidine groups is 1. The Labute approximate surface area is 126 Å². The zero-order valence-electron chi connectivity index (χ0n) is 13.2. The van der Waals surface area contributed by atoms with Crippen LogP contribution in [0.4, 0.5) is 4.39 Å². The van der Waals surface area contributed by atoms with Gasteiger partial charge in [0.05, 0.1) is 6.67 Å². The Morgan fingerprint density at radius 3 is 2.33 bits per heavy atom. The SMILES string of the molecule is CC(C)(C)c1ccc(CNCC(CF)CN=C(N)N)cc1. The molecule has 0 amide bonds. The maximum Gasteiger partial charge on any atom is 0.185 e. The smallest absolute Gasteiger partial charge is 0.185 e. The summed E-state index contributed by atoms with van der Waals surface area (Å²) in [6.07, 6.45) is 0. The third-order valence-corrected chi connectivity index (χ3v) is 3.33. The molecule has 0 bridgehead atoms. The first-order valence-corrected chi connectivity index (χ1v) is 7.24. The number of benzene rings is 1. The van der Waals surface area contributed by atoms with E-state index in [1.54, 1.807) is 0 Å². The van der Waals surface area contributed by atoms with Gasteiger partial charge < -0.3 is 16.8 Å². The van der Waals surface area contributed by atoms with Crippen molar-refractivity contribution < 1.29 is 4.39 Å². The van der Waals surface area contributed by atoms with Gasteiger partial charge in [0.25, 0.3) is 0 Å². The van der Waals surface area contributed by atoms with Crippen LogP contribution in [0.3, 0.4) is 0 Å². The lowest BCUT2D eigenvalue weighted by Gasteiger charge is -2.19. The zero-order chi connectivity index (χ0) is 15.9. The second-order valence-corrected chi connectivity index (χ2v) is 6.36. The van der Waals surface area contributed by atoms with Crippen molar-refractivity contribution in [3.05, 3.63) is 35.4 Å². The summed E-state index contributed by atoms with van der Waals surface area (Å²) in [4.78, 5) is 3.85. The summed E-state index contributed by atoms with van der Waals surface area (Å²) < 4.78 is 12.8. The Morgan fingerprint density at radius 2 is 1.86 bits per heavy atom. The van der Waals surface area contributed by atoms with Crippen molar-refractivity contribution in [2.45, 2.75) is 32.7 Å². The maximum atomic E-state index is 12.8. The van der Waals surface area contributed by atoms with Gasteiger partial charge in [0.1, 0.15) is 0 Å². The highest BCUT2D eigenvalue weighted by molar-refractivity contribution is 5.75. The molecule has 1 aromatic rings. The Balaban J connectivity index is 2.43. The van der Waals surface area contributed by atoms with Gasteiger partial charge in [-0.3, -0.25) is 9.38 Å². The largest absolute Gasteiger partial charge is 0.370 e. The van der Waals surface area contributed by atoms with Gasteiger partial charge in [-0.25, -0.2) is 0 Å². The summed E-state index contributed by atoms with van der Waals surface area (Å²) in [7, 11) is 0. The van der Waals surface area contributed by atoms with Crippen molar-refractivity contribution in [3.63, 3.8) is 0 Å². The van der Waals surface area contributed by atoms with Crippen LogP contribution in [0, 0.1) is 5.92 Å². The first-order valence-electron chi connectivity index (χ1n) is 7.24. The predicted octanol–water partition coefficient (Wildman–Crippen LogP) is 1.93. The first-order chi connectivity index (χ1) is 9.82. The quantitative estimate of drug-likeness (QED) is 0.531. The molecule has 0 aliphatic carbocycles. The van der Waals surface area contributed by atoms with E-state index in [9.17, 15) is 4.39 Å². The summed E-state index contributed by atoms with van der Waals surface area (Å²) in [5, 5.41) is 3.24. The van der Waals surface area contributed by atoms with Gasteiger partial charge in [-0.05, 0) is 16.5 Å². The second-order valence-electron chi connectivity index (χ2n) is 6.36. The molecule has 0 heterocycles. The fraction of sp³-hybridized carbons (Fsp3) is 0.562. The topological polar surface area (TPSA) is 76.4 Å². The molecule has 0 saturated carbocycles. The molecule has 0 saturated heterocycles. The van der Waals surface area contributed by atoms with E-state index in [0.717, 1.165) is 0 Å². The lowest BCUT2D eigenvalue weighted by Crippen LogP contribution is -2.29. The summed E-state index contributed by atoms with van der Waals surface area (Å²) in [5.41, 5.74) is 13.1. The number of nitrogens with one attached hydrogen (secondary N) is 1. The van der Waals surface area contributed by atoms with E-state index in [0.29, 0.717) is 19.6 Å². The molecule has 0 aliphatic rings. The van der Waals surface area contributed by atoms with Gasteiger partial charge in [-0.2, -0.15) is 0 Å². The molecule has 0 aromatic heterocycles. The minimum absolute atomic E-state index is 0.00576. The Morgan fingerprint density at radius 1 is 1.24 bits per heavy atom. The van der Waals surface area contributed by atoms with Crippen LogP contribution in [-0.2, 0) is 12.0 Å². The van der Waals surface area contributed by atoms with E-state index in [1.165, 1.54) is 11.1 Å². The van der Waals surface area contributed by atoms with E-state index in [1.807, 2.05) is 0 Å². The highest BCUT2D eigenvalue weighted by Crippen LogP contribution is 2.22. The molecule has 0 aliphatic heterocycles. The minimum Gasteiger partial charge on any atom is -0.370 e. The standard InChI is InChI=1S/C16H27FN4/c1-16(2,3)14-6-4-12(5-7-14)9-20-10-13(8-17)11-21-15(18)19/h4-7,13,20H,8-11H2,1-3H3,(H4,18,19,21). The van der Waals surface area contributed by atoms with Gasteiger partial charge in [0.15, 0.2) is 5.96 Å². The molecule has 4 nitrogen and oxygen atoms in total. The van der Waals surface area contributed by atoms with Gasteiger partial charge in [-0.15, -0.1) is 0 Å². The number of alkyl halides is 1. The first kappa shape index (κ1) is 17.4. The number of rotatable bonds is 7. The van der Waals surface area contributed by atoms with Crippen molar-refractivity contribution in [3.8, 4) is 0 Å². The van der Waals surface area contributed by atoms with E-state index >= 15 is 0 Å². The normalized spacial score (nSPS) is 13.0. The molecule has 5 N–H and O–H groups in total. The monoisotopic (exact) mass is 294 g/mol. The van der Waals surface area contributed by atoms with Gasteiger partial charge in [0, 0.05) is 25.6 Å². The van der Waals surface area contributed by atoms with Crippen LogP contribution in [0.25, 0.3) is 0 Å². The molecule has 1 unspecified atom stereocenters. The Kier molecular flexibility index (Phi) is 6.62. The number of halogens is 1. The molecule has 118 valence electrons. The Bertz CT molecular complexity index is 444. The van der Waals surface area contributed by atoms with Crippen LogP contribution >= 0.6 is 0 Å². The fourth-order valence-electron chi connectivity index (χ4n) is 1.95. The predicted molar refractivity (Wildman–Crippen MR) is 87.0 cm³/mol. The molecule has 1 aromatic carbocycles. The summed E-state index contributed by atoms with van der Waals surface area (Å²) >= 11 is 0. The molecule has 21 heavy (non-hydrogen) atoms. The van der Waals surface area contributed by atoms with Crippen LogP contribution in [0.5, 0.6) is 0 Å². The molecule has 0 fully saturated rings. The number of hydrogen-bond donors (Lipinski definition) is 3. The van der Waals surface area contributed by atoms with Crippen LogP contribution in [0.1, 0.15) is 31.9 Å². The molecule has 0 radical (unpaired) electrons. The molecule has 1 rings (SSSR count). The van der Waals surface area contributed by atoms with E-state index < -0.39 is 6.67 Å². The van der Waals surface area contributed by atoms with Crippen LogP contribution in [0.15, 0.2) is 29.3 Å². The van der Waals surface area contributed by atoms with Crippen molar-refractivity contribution >= 4 is 5.96 Å². The van der Waals surface area contributed by atoms with Crippen LogP contribution in [-0.4, -0.2) is 25.7 Å². The Hall–Kier alpha value is -1.62. The average molecular weight is 294 g/mol. The molecule has 5 heteroatoms. The molecular weight excluding hydrogens is 267 g/mol.